The fourth-order valence-electron chi connectivity index (χ4n) is 3.66. The Bertz CT molecular complexity index is 425. The van der Waals surface area contributed by atoms with Crippen molar-refractivity contribution in [2.45, 2.75) is 104 Å². The van der Waals surface area contributed by atoms with Gasteiger partial charge in [0, 0.05) is 6.42 Å². The maximum Gasteiger partial charge on any atom is 0.306 e. The minimum absolute atomic E-state index is 0.0180. The Kier molecular flexibility index (Phi) is 12.4. The molecule has 0 aliphatic heterocycles. The van der Waals surface area contributed by atoms with E-state index in [-0.39, 0.29) is 18.2 Å². The van der Waals surface area contributed by atoms with E-state index in [1.165, 1.54) is 32.1 Å². The highest BCUT2D eigenvalue weighted by molar-refractivity contribution is 5.69. The van der Waals surface area contributed by atoms with Crippen LogP contribution in [-0.4, -0.2) is 23.3 Å². The van der Waals surface area contributed by atoms with Gasteiger partial charge < -0.3 is 9.84 Å². The van der Waals surface area contributed by atoms with E-state index in [0.29, 0.717) is 18.3 Å². The number of ether oxygens (including phenoxy) is 1. The lowest BCUT2D eigenvalue weighted by Crippen LogP contribution is -2.10. The van der Waals surface area contributed by atoms with Crippen LogP contribution in [0.2, 0.25) is 0 Å². The molecule has 26 heavy (non-hydrogen) atoms. The SMILES string of the molecule is CCCCC[C@H](O)/C=C/C1CCC[C@@H]1C/C=C\CCCC(=O)OC(C)C. The smallest absolute Gasteiger partial charge is 0.306 e. The molecule has 0 aromatic carbocycles. The van der Waals surface area contributed by atoms with Crippen molar-refractivity contribution < 1.29 is 14.6 Å². The van der Waals surface area contributed by atoms with Crippen LogP contribution in [0.1, 0.15) is 91.4 Å². The van der Waals surface area contributed by atoms with E-state index < -0.39 is 0 Å². The highest BCUT2D eigenvalue weighted by Gasteiger charge is 2.24. The lowest BCUT2D eigenvalue weighted by molar-refractivity contribution is -0.147. The van der Waals surface area contributed by atoms with E-state index in [9.17, 15) is 9.90 Å². The van der Waals surface area contributed by atoms with Crippen LogP contribution in [0.5, 0.6) is 0 Å². The summed E-state index contributed by atoms with van der Waals surface area (Å²) in [6.07, 6.45) is 20.1. The largest absolute Gasteiger partial charge is 0.463 e. The second-order valence-corrected chi connectivity index (χ2v) is 7.94. The van der Waals surface area contributed by atoms with Gasteiger partial charge in [-0.15, -0.1) is 0 Å². The van der Waals surface area contributed by atoms with Gasteiger partial charge in [0.2, 0.25) is 0 Å². The summed E-state index contributed by atoms with van der Waals surface area (Å²) in [6.45, 7) is 5.96. The third-order valence-corrected chi connectivity index (χ3v) is 5.13. The van der Waals surface area contributed by atoms with Gasteiger partial charge in [0.1, 0.15) is 0 Å². The standard InChI is InChI=1S/C23H40O3/c1-4-5-8-15-22(24)18-17-21-14-11-13-20(21)12-9-6-7-10-16-23(25)26-19(2)3/h6,9,17-22,24H,4-5,7-8,10-16H2,1-3H3/b9-6-,18-17+/t20-,21?,22-/m0/s1. The molecule has 1 saturated carbocycles. The number of hydrogen-bond acceptors (Lipinski definition) is 3. The molecular weight excluding hydrogens is 324 g/mol. The summed E-state index contributed by atoms with van der Waals surface area (Å²) >= 11 is 0. The first-order valence-corrected chi connectivity index (χ1v) is 10.7. The third-order valence-electron chi connectivity index (χ3n) is 5.13. The highest BCUT2D eigenvalue weighted by atomic mass is 16.5. The second kappa shape index (κ2) is 14.0. The van der Waals surface area contributed by atoms with Crippen molar-refractivity contribution >= 4 is 5.97 Å². The first-order valence-electron chi connectivity index (χ1n) is 10.7. The summed E-state index contributed by atoms with van der Waals surface area (Å²) in [7, 11) is 0. The Morgan fingerprint density at radius 1 is 1.19 bits per heavy atom. The van der Waals surface area contributed by atoms with Crippen LogP contribution >= 0.6 is 0 Å². The molecule has 0 radical (unpaired) electrons. The van der Waals surface area contributed by atoms with Gasteiger partial charge in [0.25, 0.3) is 0 Å². The monoisotopic (exact) mass is 364 g/mol. The van der Waals surface area contributed by atoms with E-state index >= 15 is 0 Å². The predicted octanol–water partition coefficient (Wildman–Crippen LogP) is 5.97. The maximum atomic E-state index is 11.5. The Hall–Kier alpha value is -1.09. The zero-order valence-electron chi connectivity index (χ0n) is 17.2. The van der Waals surface area contributed by atoms with Gasteiger partial charge in [-0.2, -0.15) is 0 Å². The van der Waals surface area contributed by atoms with Crippen LogP contribution in [0, 0.1) is 11.8 Å². The summed E-state index contributed by atoms with van der Waals surface area (Å²) in [6, 6.07) is 0. The predicted molar refractivity (Wildman–Crippen MR) is 109 cm³/mol. The number of hydrogen-bond donors (Lipinski definition) is 1. The van der Waals surface area contributed by atoms with Gasteiger partial charge in [0.05, 0.1) is 12.2 Å². The third kappa shape index (κ3) is 10.8. The highest BCUT2D eigenvalue weighted by Crippen LogP contribution is 2.35. The first-order chi connectivity index (χ1) is 12.5. The zero-order valence-corrected chi connectivity index (χ0v) is 17.2. The second-order valence-electron chi connectivity index (χ2n) is 7.94. The molecule has 0 aromatic heterocycles. The average molecular weight is 365 g/mol. The van der Waals surface area contributed by atoms with Crippen molar-refractivity contribution in [1.82, 2.24) is 0 Å². The van der Waals surface area contributed by atoms with Crippen LogP contribution in [0.3, 0.4) is 0 Å². The first kappa shape index (κ1) is 23.0. The van der Waals surface area contributed by atoms with Crippen molar-refractivity contribution in [3.63, 3.8) is 0 Å². The number of allylic oxidation sites excluding steroid dienone is 3. The number of unbranched alkanes of at least 4 members (excludes halogenated alkanes) is 3. The van der Waals surface area contributed by atoms with Crippen LogP contribution < -0.4 is 0 Å². The fraction of sp³-hybridized carbons (Fsp3) is 0.783. The summed E-state index contributed by atoms with van der Waals surface area (Å²) in [5, 5.41) is 10.1. The van der Waals surface area contributed by atoms with Crippen LogP contribution in [-0.2, 0) is 9.53 Å². The molecule has 150 valence electrons. The van der Waals surface area contributed by atoms with Crippen LogP contribution in [0.25, 0.3) is 0 Å². The van der Waals surface area contributed by atoms with Crippen molar-refractivity contribution in [2.24, 2.45) is 11.8 Å². The number of esters is 1. The van der Waals surface area contributed by atoms with Gasteiger partial charge in [-0.3, -0.25) is 4.79 Å². The molecule has 0 saturated heterocycles. The van der Waals surface area contributed by atoms with Crippen molar-refractivity contribution in [1.29, 1.82) is 0 Å². The minimum Gasteiger partial charge on any atom is -0.463 e. The molecule has 1 aliphatic carbocycles. The summed E-state index contributed by atoms with van der Waals surface area (Å²) in [5.74, 6) is 1.23. The molecule has 3 heteroatoms. The van der Waals surface area contributed by atoms with E-state index in [1.54, 1.807) is 0 Å². The zero-order chi connectivity index (χ0) is 19.2. The number of carbonyl (C=O) groups excluding carboxylic acids is 1. The topological polar surface area (TPSA) is 46.5 Å². The van der Waals surface area contributed by atoms with Crippen molar-refractivity contribution in [3.8, 4) is 0 Å². The molecule has 0 heterocycles. The molecule has 0 spiro atoms. The molecule has 1 aliphatic rings. The summed E-state index contributed by atoms with van der Waals surface area (Å²) in [5.41, 5.74) is 0. The van der Waals surface area contributed by atoms with Gasteiger partial charge in [-0.1, -0.05) is 56.9 Å². The number of aliphatic hydroxyl groups excluding tert-OH is 1. The summed E-state index contributed by atoms with van der Waals surface area (Å²) in [4.78, 5) is 11.5. The van der Waals surface area contributed by atoms with E-state index in [1.807, 2.05) is 19.9 Å². The van der Waals surface area contributed by atoms with Gasteiger partial charge >= 0.3 is 5.97 Å². The number of carbonyl (C=O) groups is 1. The molecule has 0 amide bonds. The van der Waals surface area contributed by atoms with Crippen molar-refractivity contribution in [2.75, 3.05) is 0 Å². The van der Waals surface area contributed by atoms with Crippen LogP contribution in [0.4, 0.5) is 0 Å². The lowest BCUT2D eigenvalue weighted by atomic mass is 9.91. The number of aliphatic hydroxyl groups is 1. The van der Waals surface area contributed by atoms with Gasteiger partial charge in [-0.25, -0.2) is 0 Å². The molecule has 0 bridgehead atoms. The van der Waals surface area contributed by atoms with Crippen molar-refractivity contribution in [3.05, 3.63) is 24.3 Å². The Labute approximate surface area is 160 Å². The fourth-order valence-corrected chi connectivity index (χ4v) is 3.66. The van der Waals surface area contributed by atoms with E-state index in [4.69, 9.17) is 4.74 Å². The minimum atomic E-state index is -0.274. The Balaban J connectivity index is 2.21. The van der Waals surface area contributed by atoms with E-state index in [0.717, 1.165) is 32.1 Å². The molecular formula is C23H40O3. The molecule has 3 nitrogen and oxygen atoms in total. The molecule has 1 unspecified atom stereocenters. The Morgan fingerprint density at radius 3 is 2.73 bits per heavy atom. The normalized spacial score (nSPS) is 21.9. The molecule has 1 N–H and O–H groups in total. The molecule has 1 fully saturated rings. The molecule has 1 rings (SSSR count). The van der Waals surface area contributed by atoms with Gasteiger partial charge in [-0.05, 0) is 64.2 Å². The average Bonchev–Trinajstić information content (AvgIpc) is 3.03. The molecule has 0 aromatic rings. The maximum absolute atomic E-state index is 11.5. The quantitative estimate of drug-likeness (QED) is 0.249. The van der Waals surface area contributed by atoms with E-state index in [2.05, 4.69) is 25.2 Å². The number of rotatable bonds is 13. The van der Waals surface area contributed by atoms with Gasteiger partial charge in [0.15, 0.2) is 0 Å². The van der Waals surface area contributed by atoms with Crippen LogP contribution in [0.15, 0.2) is 24.3 Å². The molecule has 3 atom stereocenters. The summed E-state index contributed by atoms with van der Waals surface area (Å²) < 4.78 is 5.14. The Morgan fingerprint density at radius 2 is 2.00 bits per heavy atom. The lowest BCUT2D eigenvalue weighted by Gasteiger charge is -2.15.